The minimum atomic E-state index is 0.474. The highest BCUT2D eigenvalue weighted by atomic mass is 14.9. The molecule has 1 aromatic rings. The molecule has 1 N–H and O–H groups in total. The molecule has 1 atom stereocenters. The second kappa shape index (κ2) is 6.62. The molecule has 0 aliphatic heterocycles. The Labute approximate surface area is 93.9 Å². The number of rotatable bonds is 6. The van der Waals surface area contributed by atoms with Gasteiger partial charge >= 0.3 is 0 Å². The highest BCUT2D eigenvalue weighted by Crippen LogP contribution is 2.12. The second-order valence-corrected chi connectivity index (χ2v) is 4.29. The summed E-state index contributed by atoms with van der Waals surface area (Å²) >= 11 is 0. The molecule has 1 unspecified atom stereocenters. The van der Waals surface area contributed by atoms with Crippen molar-refractivity contribution in [2.45, 2.75) is 46.1 Å². The maximum Gasteiger partial charge on any atom is 0.0291 e. The normalized spacial score (nSPS) is 12.7. The van der Waals surface area contributed by atoms with Crippen LogP contribution in [-0.4, -0.2) is 6.54 Å². The quantitative estimate of drug-likeness (QED) is 0.696. The lowest BCUT2D eigenvalue weighted by Gasteiger charge is -2.14. The number of benzene rings is 1. The zero-order chi connectivity index (χ0) is 11.1. The summed E-state index contributed by atoms with van der Waals surface area (Å²) in [5.74, 6) is 0. The van der Waals surface area contributed by atoms with Crippen LogP contribution >= 0.6 is 0 Å². The maximum absolute atomic E-state index is 3.55. The van der Waals surface area contributed by atoms with Gasteiger partial charge in [0.1, 0.15) is 0 Å². The zero-order valence-corrected chi connectivity index (χ0v) is 10.2. The molecule has 0 saturated heterocycles. The molecule has 0 aliphatic rings. The van der Waals surface area contributed by atoms with Gasteiger partial charge in [0.2, 0.25) is 0 Å². The number of aryl methyl sites for hydroxylation is 1. The van der Waals surface area contributed by atoms with Crippen molar-refractivity contribution in [3.8, 4) is 0 Å². The lowest BCUT2D eigenvalue weighted by molar-refractivity contribution is 0.544. The van der Waals surface area contributed by atoms with Gasteiger partial charge in [0.15, 0.2) is 0 Å². The van der Waals surface area contributed by atoms with Crippen LogP contribution in [0.15, 0.2) is 24.3 Å². The van der Waals surface area contributed by atoms with E-state index in [4.69, 9.17) is 0 Å². The second-order valence-electron chi connectivity index (χ2n) is 4.29. The Kier molecular flexibility index (Phi) is 5.41. The Morgan fingerprint density at radius 2 is 1.80 bits per heavy atom. The van der Waals surface area contributed by atoms with E-state index in [0.717, 1.165) is 6.54 Å². The Morgan fingerprint density at radius 1 is 1.13 bits per heavy atom. The summed E-state index contributed by atoms with van der Waals surface area (Å²) in [5.41, 5.74) is 2.72. The predicted octanol–water partition coefficient (Wildman–Crippen LogP) is 3.84. The lowest BCUT2D eigenvalue weighted by Crippen LogP contribution is -2.19. The Morgan fingerprint density at radius 3 is 2.40 bits per heavy atom. The van der Waals surface area contributed by atoms with Crippen LogP contribution in [0.1, 0.15) is 50.3 Å². The van der Waals surface area contributed by atoms with Gasteiger partial charge in [0.05, 0.1) is 0 Å². The Balaban J connectivity index is 2.33. The largest absolute Gasteiger partial charge is 0.310 e. The maximum atomic E-state index is 3.55. The standard InChI is InChI=1S/C14H23N/c1-4-5-6-11-15-13(3)14-9-7-12(2)8-10-14/h7-10,13,15H,4-6,11H2,1-3H3. The minimum absolute atomic E-state index is 0.474. The molecule has 0 amide bonds. The molecule has 0 heterocycles. The van der Waals surface area contributed by atoms with Gasteiger partial charge < -0.3 is 5.32 Å². The fourth-order valence-electron chi connectivity index (χ4n) is 1.67. The van der Waals surface area contributed by atoms with Crippen molar-refractivity contribution in [3.05, 3.63) is 35.4 Å². The fraction of sp³-hybridized carbons (Fsp3) is 0.571. The molecule has 0 spiro atoms. The smallest absolute Gasteiger partial charge is 0.0291 e. The third kappa shape index (κ3) is 4.48. The number of hydrogen-bond acceptors (Lipinski definition) is 1. The molecule has 0 aromatic heterocycles. The average Bonchev–Trinajstić information content (AvgIpc) is 2.25. The third-order valence-electron chi connectivity index (χ3n) is 2.81. The molecular formula is C14H23N. The van der Waals surface area contributed by atoms with E-state index in [-0.39, 0.29) is 0 Å². The van der Waals surface area contributed by atoms with Gasteiger partial charge in [-0.2, -0.15) is 0 Å². The zero-order valence-electron chi connectivity index (χ0n) is 10.2. The highest BCUT2D eigenvalue weighted by Gasteiger charge is 2.02. The van der Waals surface area contributed by atoms with Crippen LogP contribution < -0.4 is 5.32 Å². The first-order chi connectivity index (χ1) is 7.24. The lowest BCUT2D eigenvalue weighted by atomic mass is 10.1. The van der Waals surface area contributed by atoms with Crippen molar-refractivity contribution >= 4 is 0 Å². The van der Waals surface area contributed by atoms with E-state index in [2.05, 4.69) is 50.4 Å². The van der Waals surface area contributed by atoms with E-state index in [1.54, 1.807) is 0 Å². The van der Waals surface area contributed by atoms with Gasteiger partial charge in [0.25, 0.3) is 0 Å². The molecule has 0 radical (unpaired) electrons. The number of hydrogen-bond donors (Lipinski definition) is 1. The summed E-state index contributed by atoms with van der Waals surface area (Å²) in [4.78, 5) is 0. The van der Waals surface area contributed by atoms with Gasteiger partial charge in [-0.05, 0) is 32.4 Å². The summed E-state index contributed by atoms with van der Waals surface area (Å²) in [5, 5.41) is 3.55. The van der Waals surface area contributed by atoms with Gasteiger partial charge in [0, 0.05) is 6.04 Å². The van der Waals surface area contributed by atoms with Crippen molar-refractivity contribution in [2.75, 3.05) is 6.54 Å². The molecule has 0 fully saturated rings. The first-order valence-electron chi connectivity index (χ1n) is 6.04. The molecule has 1 rings (SSSR count). The van der Waals surface area contributed by atoms with Crippen molar-refractivity contribution in [1.29, 1.82) is 0 Å². The van der Waals surface area contributed by atoms with E-state index in [1.807, 2.05) is 0 Å². The molecule has 0 bridgehead atoms. The van der Waals surface area contributed by atoms with Crippen molar-refractivity contribution < 1.29 is 0 Å². The van der Waals surface area contributed by atoms with Gasteiger partial charge in [-0.1, -0.05) is 49.6 Å². The molecule has 1 aromatic carbocycles. The van der Waals surface area contributed by atoms with E-state index < -0.39 is 0 Å². The van der Waals surface area contributed by atoms with Crippen LogP contribution in [0.5, 0.6) is 0 Å². The molecule has 1 heteroatoms. The molecule has 15 heavy (non-hydrogen) atoms. The summed E-state index contributed by atoms with van der Waals surface area (Å²) in [6.07, 6.45) is 3.90. The molecular weight excluding hydrogens is 182 g/mol. The molecule has 1 nitrogen and oxygen atoms in total. The fourth-order valence-corrected chi connectivity index (χ4v) is 1.67. The van der Waals surface area contributed by atoms with Crippen LogP contribution in [0, 0.1) is 6.92 Å². The van der Waals surface area contributed by atoms with E-state index in [1.165, 1.54) is 30.4 Å². The topological polar surface area (TPSA) is 12.0 Å². The minimum Gasteiger partial charge on any atom is -0.310 e. The SMILES string of the molecule is CCCCCNC(C)c1ccc(C)cc1. The van der Waals surface area contributed by atoms with E-state index in [0.29, 0.717) is 6.04 Å². The van der Waals surface area contributed by atoms with E-state index in [9.17, 15) is 0 Å². The van der Waals surface area contributed by atoms with Crippen LogP contribution in [0.25, 0.3) is 0 Å². The van der Waals surface area contributed by atoms with Crippen LogP contribution in [0.4, 0.5) is 0 Å². The van der Waals surface area contributed by atoms with Crippen molar-refractivity contribution in [3.63, 3.8) is 0 Å². The van der Waals surface area contributed by atoms with E-state index >= 15 is 0 Å². The van der Waals surface area contributed by atoms with Crippen molar-refractivity contribution in [1.82, 2.24) is 5.32 Å². The predicted molar refractivity (Wildman–Crippen MR) is 67.1 cm³/mol. The first kappa shape index (κ1) is 12.3. The molecule has 0 aliphatic carbocycles. The van der Waals surface area contributed by atoms with Crippen LogP contribution in [0.3, 0.4) is 0 Å². The van der Waals surface area contributed by atoms with Crippen molar-refractivity contribution in [2.24, 2.45) is 0 Å². The van der Waals surface area contributed by atoms with Gasteiger partial charge in [-0.15, -0.1) is 0 Å². The molecule has 84 valence electrons. The summed E-state index contributed by atoms with van der Waals surface area (Å²) < 4.78 is 0. The third-order valence-corrected chi connectivity index (χ3v) is 2.81. The average molecular weight is 205 g/mol. The first-order valence-corrected chi connectivity index (χ1v) is 6.04. The number of nitrogens with one attached hydrogen (secondary N) is 1. The van der Waals surface area contributed by atoms with Crippen LogP contribution in [-0.2, 0) is 0 Å². The Bertz CT molecular complexity index is 263. The summed E-state index contributed by atoms with van der Waals surface area (Å²) in [6.45, 7) is 7.73. The summed E-state index contributed by atoms with van der Waals surface area (Å²) in [7, 11) is 0. The monoisotopic (exact) mass is 205 g/mol. The van der Waals surface area contributed by atoms with Crippen LogP contribution in [0.2, 0.25) is 0 Å². The number of unbranched alkanes of at least 4 members (excludes halogenated alkanes) is 2. The summed E-state index contributed by atoms with van der Waals surface area (Å²) in [6, 6.07) is 9.26. The highest BCUT2D eigenvalue weighted by molar-refractivity contribution is 5.23. The Hall–Kier alpha value is -0.820. The molecule has 0 saturated carbocycles. The van der Waals surface area contributed by atoms with Gasteiger partial charge in [-0.3, -0.25) is 0 Å². The van der Waals surface area contributed by atoms with Gasteiger partial charge in [-0.25, -0.2) is 0 Å².